The zero-order valence-corrected chi connectivity index (χ0v) is 19.3. The number of hydrogen-bond donors (Lipinski definition) is 1. The summed E-state index contributed by atoms with van der Waals surface area (Å²) in [5.74, 6) is -0.335. The molecule has 168 valence electrons. The minimum absolute atomic E-state index is 0.00758. The van der Waals surface area contributed by atoms with Crippen LogP contribution in [0.25, 0.3) is 6.08 Å². The Bertz CT molecular complexity index is 1210. The molecular weight excluding hydrogens is 491 g/mol. The summed E-state index contributed by atoms with van der Waals surface area (Å²) in [6.45, 7) is 2.45. The molecule has 0 bridgehead atoms. The number of carbonyl (C=O) groups is 2. The average Bonchev–Trinajstić information content (AvgIpc) is 3.09. The van der Waals surface area contributed by atoms with Crippen molar-refractivity contribution in [2.45, 2.75) is 13.5 Å². The maximum Gasteiger partial charge on any atom is 0.282 e. The zero-order chi connectivity index (χ0) is 23.4. The van der Waals surface area contributed by atoms with Gasteiger partial charge in [0.15, 0.2) is 11.5 Å². The first kappa shape index (κ1) is 22.5. The van der Waals surface area contributed by atoms with E-state index in [1.54, 1.807) is 48.5 Å². The first-order chi connectivity index (χ1) is 16.0. The van der Waals surface area contributed by atoms with Crippen LogP contribution in [-0.2, 0) is 16.2 Å². The molecule has 0 saturated carbocycles. The summed E-state index contributed by atoms with van der Waals surface area (Å²) in [5, 5.41) is 1.22. The number of benzene rings is 3. The second-order valence-electron chi connectivity index (χ2n) is 7.15. The van der Waals surface area contributed by atoms with Crippen LogP contribution in [0.3, 0.4) is 0 Å². The fraction of sp³-hybridized carbons (Fsp3) is 0.120. The number of carbonyl (C=O) groups excluding carboxylic acids is 2. The molecule has 1 aliphatic heterocycles. The van der Waals surface area contributed by atoms with Crippen LogP contribution in [0.1, 0.15) is 18.1 Å². The summed E-state index contributed by atoms with van der Waals surface area (Å²) < 4.78 is 25.4. The number of nitrogens with one attached hydrogen (secondary N) is 1. The fourth-order valence-corrected chi connectivity index (χ4v) is 3.87. The highest BCUT2D eigenvalue weighted by Gasteiger charge is 2.34. The first-order valence-electron chi connectivity index (χ1n) is 10.2. The molecule has 0 aromatic heterocycles. The van der Waals surface area contributed by atoms with Crippen LogP contribution >= 0.6 is 15.9 Å². The highest BCUT2D eigenvalue weighted by molar-refractivity contribution is 9.10. The van der Waals surface area contributed by atoms with Crippen molar-refractivity contribution in [2.24, 2.45) is 0 Å². The van der Waals surface area contributed by atoms with Gasteiger partial charge in [0.2, 0.25) is 0 Å². The van der Waals surface area contributed by atoms with Crippen molar-refractivity contribution in [1.29, 1.82) is 0 Å². The molecule has 8 heteroatoms. The van der Waals surface area contributed by atoms with Crippen molar-refractivity contribution in [3.05, 3.63) is 93.7 Å². The van der Waals surface area contributed by atoms with E-state index in [2.05, 4.69) is 21.4 Å². The van der Waals surface area contributed by atoms with Crippen LogP contribution in [0.2, 0.25) is 0 Å². The van der Waals surface area contributed by atoms with Gasteiger partial charge in [-0.15, -0.1) is 0 Å². The van der Waals surface area contributed by atoms with Crippen molar-refractivity contribution in [1.82, 2.24) is 5.43 Å². The molecule has 6 nitrogen and oxygen atoms in total. The molecule has 3 aromatic rings. The molecule has 33 heavy (non-hydrogen) atoms. The Hall–Kier alpha value is -3.65. The van der Waals surface area contributed by atoms with Gasteiger partial charge < -0.3 is 9.47 Å². The Balaban J connectivity index is 1.60. The van der Waals surface area contributed by atoms with E-state index >= 15 is 0 Å². The van der Waals surface area contributed by atoms with Gasteiger partial charge in [-0.25, -0.2) is 9.40 Å². The molecule has 0 atom stereocenters. The van der Waals surface area contributed by atoms with Gasteiger partial charge in [0.1, 0.15) is 18.0 Å². The molecule has 0 spiro atoms. The number of halogens is 2. The molecule has 1 saturated heterocycles. The quantitative estimate of drug-likeness (QED) is 0.357. The molecule has 2 amide bonds. The average molecular weight is 511 g/mol. The highest BCUT2D eigenvalue weighted by atomic mass is 79.9. The predicted molar refractivity (Wildman–Crippen MR) is 126 cm³/mol. The normalized spacial score (nSPS) is 14.5. The lowest BCUT2D eigenvalue weighted by atomic mass is 10.1. The number of ether oxygens (including phenoxy) is 2. The fourth-order valence-electron chi connectivity index (χ4n) is 3.29. The van der Waals surface area contributed by atoms with E-state index < -0.39 is 11.8 Å². The van der Waals surface area contributed by atoms with E-state index in [4.69, 9.17) is 9.47 Å². The highest BCUT2D eigenvalue weighted by Crippen LogP contribution is 2.38. The molecular formula is C25H20BrFN2O4. The Kier molecular flexibility index (Phi) is 6.74. The van der Waals surface area contributed by atoms with Gasteiger partial charge in [-0.05, 0) is 76.5 Å². The molecule has 0 radical (unpaired) electrons. The third-order valence-corrected chi connectivity index (χ3v) is 5.43. The molecule has 0 aliphatic carbocycles. The van der Waals surface area contributed by atoms with Crippen LogP contribution in [-0.4, -0.2) is 18.4 Å². The summed E-state index contributed by atoms with van der Waals surface area (Å²) in [6.07, 6.45) is 1.51. The maximum absolute atomic E-state index is 13.1. The van der Waals surface area contributed by atoms with E-state index in [9.17, 15) is 14.0 Å². The monoisotopic (exact) mass is 510 g/mol. The number of para-hydroxylation sites is 1. The van der Waals surface area contributed by atoms with E-state index in [0.29, 0.717) is 33.8 Å². The third-order valence-electron chi connectivity index (χ3n) is 4.84. The van der Waals surface area contributed by atoms with Crippen molar-refractivity contribution in [3.63, 3.8) is 0 Å². The van der Waals surface area contributed by atoms with Gasteiger partial charge >= 0.3 is 0 Å². The second kappa shape index (κ2) is 9.87. The number of nitrogens with zero attached hydrogens (tertiary/aromatic N) is 1. The van der Waals surface area contributed by atoms with Gasteiger partial charge in [-0.1, -0.05) is 30.3 Å². The summed E-state index contributed by atoms with van der Waals surface area (Å²) in [7, 11) is 0. The topological polar surface area (TPSA) is 67.9 Å². The molecule has 1 aliphatic rings. The smallest absolute Gasteiger partial charge is 0.282 e. The van der Waals surface area contributed by atoms with Gasteiger partial charge in [-0.2, -0.15) is 0 Å². The lowest BCUT2D eigenvalue weighted by molar-refractivity contribution is -0.117. The van der Waals surface area contributed by atoms with E-state index in [1.807, 2.05) is 13.0 Å². The van der Waals surface area contributed by atoms with Crippen molar-refractivity contribution in [3.8, 4) is 11.5 Å². The van der Waals surface area contributed by atoms with E-state index in [-0.39, 0.29) is 18.0 Å². The van der Waals surface area contributed by atoms with Crippen molar-refractivity contribution < 1.29 is 23.5 Å². The third kappa shape index (κ3) is 5.06. The summed E-state index contributed by atoms with van der Waals surface area (Å²) in [5.41, 5.74) is 4.55. The van der Waals surface area contributed by atoms with Crippen LogP contribution in [0.4, 0.5) is 10.1 Å². The van der Waals surface area contributed by atoms with E-state index in [1.165, 1.54) is 23.2 Å². The van der Waals surface area contributed by atoms with Gasteiger partial charge in [0, 0.05) is 0 Å². The standard InChI is InChI=1S/C25H20BrFN2O4/c1-2-32-22-14-17(13-21(26)23(22)33-15-16-8-10-18(27)11-9-16)12-20-24(30)28-29(25(20)31)19-6-4-3-5-7-19/h3-14H,2,15H2,1H3,(H,28,30). The largest absolute Gasteiger partial charge is 0.490 e. The van der Waals surface area contributed by atoms with Crippen LogP contribution in [0.5, 0.6) is 11.5 Å². The lowest BCUT2D eigenvalue weighted by Gasteiger charge is -2.15. The van der Waals surface area contributed by atoms with Crippen LogP contribution in [0, 0.1) is 5.82 Å². The summed E-state index contributed by atoms with van der Waals surface area (Å²) in [4.78, 5) is 25.3. The molecule has 4 rings (SSSR count). The molecule has 0 unspecified atom stereocenters. The SMILES string of the molecule is CCOc1cc(C=C2C(=O)NN(c3ccccc3)C2=O)cc(Br)c1OCc1ccc(F)cc1. The van der Waals surface area contributed by atoms with Gasteiger partial charge in [0.25, 0.3) is 11.8 Å². The minimum Gasteiger partial charge on any atom is -0.490 e. The Labute approximate surface area is 198 Å². The molecule has 1 fully saturated rings. The Morgan fingerprint density at radius 3 is 2.45 bits per heavy atom. The Morgan fingerprint density at radius 1 is 1.03 bits per heavy atom. The van der Waals surface area contributed by atoms with Gasteiger partial charge in [0.05, 0.1) is 16.8 Å². The number of anilines is 1. The minimum atomic E-state index is -0.491. The summed E-state index contributed by atoms with van der Waals surface area (Å²) >= 11 is 3.49. The number of amides is 2. The van der Waals surface area contributed by atoms with Crippen molar-refractivity contribution >= 4 is 39.5 Å². The summed E-state index contributed by atoms with van der Waals surface area (Å²) in [6, 6.07) is 18.3. The van der Waals surface area contributed by atoms with Gasteiger partial charge in [-0.3, -0.25) is 15.0 Å². The maximum atomic E-state index is 13.1. The molecule has 1 N–H and O–H groups in total. The predicted octanol–water partition coefficient (Wildman–Crippen LogP) is 5.03. The lowest BCUT2D eigenvalue weighted by Crippen LogP contribution is -2.35. The molecule has 1 heterocycles. The number of hydrogen-bond acceptors (Lipinski definition) is 4. The Morgan fingerprint density at radius 2 is 1.76 bits per heavy atom. The van der Waals surface area contributed by atoms with Crippen molar-refractivity contribution in [2.75, 3.05) is 11.6 Å². The first-order valence-corrected chi connectivity index (χ1v) is 11.0. The number of hydrazine groups is 1. The van der Waals surface area contributed by atoms with Crippen LogP contribution < -0.4 is 19.9 Å². The molecule has 3 aromatic carbocycles. The number of rotatable bonds is 7. The second-order valence-corrected chi connectivity index (χ2v) is 8.01. The van der Waals surface area contributed by atoms with Crippen LogP contribution in [0.15, 0.2) is 76.8 Å². The van der Waals surface area contributed by atoms with E-state index in [0.717, 1.165) is 5.56 Å². The zero-order valence-electron chi connectivity index (χ0n) is 17.7.